The molecule has 2 heterocycles. The van der Waals surface area contributed by atoms with Crippen LogP contribution in [-0.4, -0.2) is 14.5 Å². The van der Waals surface area contributed by atoms with Crippen molar-refractivity contribution in [2.75, 3.05) is 0 Å². The Labute approximate surface area is 70.3 Å². The first kappa shape index (κ1) is 7.31. The van der Waals surface area contributed by atoms with E-state index in [1.165, 1.54) is 0 Å². The lowest BCUT2D eigenvalue weighted by molar-refractivity contribution is 0.276. The molecule has 2 aromatic rings. The Hall–Kier alpha value is -1.35. The lowest BCUT2D eigenvalue weighted by atomic mass is 10.4. The number of rotatable bonds is 1. The van der Waals surface area contributed by atoms with Crippen LogP contribution in [-0.2, 0) is 6.61 Å². The molecular weight excluding hydrogens is 152 g/mol. The van der Waals surface area contributed by atoms with Crippen molar-refractivity contribution in [2.24, 2.45) is 0 Å². The fraction of sp³-hybridized carbons (Fsp3) is 0.222. The quantitative estimate of drug-likeness (QED) is 0.682. The molecule has 0 atom stereocenters. The number of aromatic nitrogens is 2. The van der Waals surface area contributed by atoms with Crippen molar-refractivity contribution in [1.82, 2.24) is 9.38 Å². The predicted molar refractivity (Wildman–Crippen MR) is 45.9 cm³/mol. The summed E-state index contributed by atoms with van der Waals surface area (Å²) in [5.41, 5.74) is 2.94. The molecule has 0 saturated heterocycles. The summed E-state index contributed by atoms with van der Waals surface area (Å²) < 4.78 is 1.95. The second-order valence-electron chi connectivity index (χ2n) is 2.75. The molecular formula is C9H10N2O. The van der Waals surface area contributed by atoms with Crippen LogP contribution in [0.3, 0.4) is 0 Å². The smallest absolute Gasteiger partial charge is 0.0836 e. The molecule has 0 aliphatic heterocycles. The molecule has 12 heavy (non-hydrogen) atoms. The lowest BCUT2D eigenvalue weighted by Crippen LogP contribution is -1.94. The van der Waals surface area contributed by atoms with Crippen molar-refractivity contribution >= 4 is 5.52 Å². The van der Waals surface area contributed by atoms with Crippen LogP contribution in [0.4, 0.5) is 0 Å². The minimum absolute atomic E-state index is 0.0671. The van der Waals surface area contributed by atoms with Crippen LogP contribution >= 0.6 is 0 Å². The van der Waals surface area contributed by atoms with E-state index >= 15 is 0 Å². The zero-order chi connectivity index (χ0) is 8.55. The molecule has 3 heteroatoms. The van der Waals surface area contributed by atoms with Gasteiger partial charge in [-0.15, -0.1) is 0 Å². The molecule has 2 rings (SSSR count). The average Bonchev–Trinajstić information content (AvgIpc) is 2.49. The normalized spacial score (nSPS) is 10.8. The van der Waals surface area contributed by atoms with E-state index in [0.29, 0.717) is 0 Å². The highest BCUT2D eigenvalue weighted by atomic mass is 16.3. The Morgan fingerprint density at radius 3 is 3.08 bits per heavy atom. The van der Waals surface area contributed by atoms with Gasteiger partial charge in [0.2, 0.25) is 0 Å². The molecule has 0 bridgehead atoms. The summed E-state index contributed by atoms with van der Waals surface area (Å²) in [6.45, 7) is 2.02. The maximum absolute atomic E-state index is 8.97. The number of aryl methyl sites for hydroxylation is 1. The Morgan fingerprint density at radius 2 is 2.33 bits per heavy atom. The van der Waals surface area contributed by atoms with Gasteiger partial charge in [-0.05, 0) is 19.1 Å². The highest BCUT2D eigenvalue weighted by Crippen LogP contribution is 2.11. The van der Waals surface area contributed by atoms with E-state index in [1.807, 2.05) is 29.7 Å². The molecule has 2 aromatic heterocycles. The molecule has 3 nitrogen and oxygen atoms in total. The zero-order valence-corrected chi connectivity index (χ0v) is 6.86. The van der Waals surface area contributed by atoms with E-state index in [9.17, 15) is 0 Å². The Morgan fingerprint density at radius 1 is 1.50 bits per heavy atom. The highest BCUT2D eigenvalue weighted by Gasteiger charge is 2.01. The van der Waals surface area contributed by atoms with Gasteiger partial charge in [0.1, 0.15) is 0 Å². The van der Waals surface area contributed by atoms with Gasteiger partial charge in [-0.1, -0.05) is 0 Å². The predicted octanol–water partition coefficient (Wildman–Crippen LogP) is 1.14. The molecule has 0 amide bonds. The summed E-state index contributed by atoms with van der Waals surface area (Å²) in [5, 5.41) is 8.97. The highest BCUT2D eigenvalue weighted by molar-refractivity contribution is 5.53. The minimum Gasteiger partial charge on any atom is -0.390 e. The minimum atomic E-state index is 0.0671. The molecule has 0 fully saturated rings. The maximum atomic E-state index is 8.97. The SMILES string of the molecule is Cc1nccn2c(CO)ccc12. The van der Waals surface area contributed by atoms with Crippen molar-refractivity contribution in [3.8, 4) is 0 Å². The van der Waals surface area contributed by atoms with Crippen molar-refractivity contribution in [3.05, 3.63) is 35.9 Å². The lowest BCUT2D eigenvalue weighted by Gasteiger charge is -1.99. The van der Waals surface area contributed by atoms with Gasteiger partial charge in [-0.25, -0.2) is 0 Å². The molecule has 0 radical (unpaired) electrons. The zero-order valence-electron chi connectivity index (χ0n) is 6.86. The Balaban J connectivity index is 2.80. The number of aliphatic hydroxyl groups excluding tert-OH is 1. The first-order valence-corrected chi connectivity index (χ1v) is 3.85. The van der Waals surface area contributed by atoms with E-state index in [4.69, 9.17) is 5.11 Å². The number of nitrogens with zero attached hydrogens (tertiary/aromatic N) is 2. The van der Waals surface area contributed by atoms with Gasteiger partial charge < -0.3 is 9.51 Å². The molecule has 0 spiro atoms. The Kier molecular flexibility index (Phi) is 1.59. The molecule has 0 unspecified atom stereocenters. The van der Waals surface area contributed by atoms with Crippen molar-refractivity contribution in [2.45, 2.75) is 13.5 Å². The van der Waals surface area contributed by atoms with Crippen molar-refractivity contribution in [3.63, 3.8) is 0 Å². The largest absolute Gasteiger partial charge is 0.390 e. The summed E-state index contributed by atoms with van der Waals surface area (Å²) in [5.74, 6) is 0. The fourth-order valence-electron chi connectivity index (χ4n) is 1.37. The van der Waals surface area contributed by atoms with Gasteiger partial charge in [0.25, 0.3) is 0 Å². The summed E-state index contributed by atoms with van der Waals surface area (Å²) in [6, 6.07) is 3.87. The number of fused-ring (bicyclic) bond motifs is 1. The van der Waals surface area contributed by atoms with Gasteiger partial charge >= 0.3 is 0 Å². The van der Waals surface area contributed by atoms with Gasteiger partial charge in [0.05, 0.1) is 17.8 Å². The van der Waals surface area contributed by atoms with Crippen LogP contribution in [0, 0.1) is 6.92 Å². The summed E-state index contributed by atoms with van der Waals surface area (Å²) in [6.07, 6.45) is 3.59. The van der Waals surface area contributed by atoms with Crippen molar-refractivity contribution in [1.29, 1.82) is 0 Å². The third kappa shape index (κ3) is 0.905. The first-order chi connectivity index (χ1) is 5.83. The van der Waals surface area contributed by atoms with Gasteiger partial charge in [-0.2, -0.15) is 0 Å². The first-order valence-electron chi connectivity index (χ1n) is 3.85. The van der Waals surface area contributed by atoms with E-state index < -0.39 is 0 Å². The third-order valence-electron chi connectivity index (χ3n) is 2.02. The van der Waals surface area contributed by atoms with Crippen molar-refractivity contribution < 1.29 is 5.11 Å². The topological polar surface area (TPSA) is 37.5 Å². The summed E-state index contributed by atoms with van der Waals surface area (Å²) in [7, 11) is 0. The fourth-order valence-corrected chi connectivity index (χ4v) is 1.37. The van der Waals surface area contributed by atoms with Crippen LogP contribution in [0.2, 0.25) is 0 Å². The number of aliphatic hydroxyl groups is 1. The number of hydrogen-bond acceptors (Lipinski definition) is 2. The average molecular weight is 162 g/mol. The van der Waals surface area contributed by atoms with E-state index in [-0.39, 0.29) is 6.61 Å². The van der Waals surface area contributed by atoms with Crippen LogP contribution < -0.4 is 0 Å². The summed E-state index contributed by atoms with van der Waals surface area (Å²) >= 11 is 0. The van der Waals surface area contributed by atoms with E-state index in [1.54, 1.807) is 6.20 Å². The molecule has 0 aromatic carbocycles. The van der Waals surface area contributed by atoms with Crippen LogP contribution in [0.25, 0.3) is 5.52 Å². The van der Waals surface area contributed by atoms with E-state index in [2.05, 4.69) is 4.98 Å². The molecule has 1 N–H and O–H groups in total. The van der Waals surface area contributed by atoms with Gasteiger partial charge in [-0.3, -0.25) is 4.98 Å². The molecule has 0 saturated carbocycles. The van der Waals surface area contributed by atoms with Crippen LogP contribution in [0.5, 0.6) is 0 Å². The van der Waals surface area contributed by atoms with Gasteiger partial charge in [0.15, 0.2) is 0 Å². The second kappa shape index (κ2) is 2.60. The van der Waals surface area contributed by atoms with E-state index in [0.717, 1.165) is 16.9 Å². The van der Waals surface area contributed by atoms with Crippen LogP contribution in [0.15, 0.2) is 24.5 Å². The Bertz CT molecular complexity index is 406. The standard InChI is InChI=1S/C9H10N2O/c1-7-9-3-2-8(6-12)11(9)5-4-10-7/h2-5,12H,6H2,1H3. The number of hydrogen-bond donors (Lipinski definition) is 1. The third-order valence-corrected chi connectivity index (χ3v) is 2.02. The maximum Gasteiger partial charge on any atom is 0.0836 e. The molecule has 62 valence electrons. The second-order valence-corrected chi connectivity index (χ2v) is 2.75. The van der Waals surface area contributed by atoms with Gasteiger partial charge in [0, 0.05) is 18.1 Å². The molecule has 0 aliphatic rings. The molecule has 0 aliphatic carbocycles. The van der Waals surface area contributed by atoms with Crippen LogP contribution in [0.1, 0.15) is 11.4 Å². The monoisotopic (exact) mass is 162 g/mol. The summed E-state index contributed by atoms with van der Waals surface area (Å²) in [4.78, 5) is 4.15.